The smallest absolute Gasteiger partial charge is 0.267 e. The van der Waals surface area contributed by atoms with Crippen LogP contribution in [-0.2, 0) is 16.1 Å². The summed E-state index contributed by atoms with van der Waals surface area (Å²) < 4.78 is 6.70. The molecule has 1 N–H and O–H groups in total. The zero-order valence-corrected chi connectivity index (χ0v) is 15.3. The molecule has 0 saturated carbocycles. The van der Waals surface area contributed by atoms with Crippen LogP contribution in [0.2, 0.25) is 0 Å². The lowest BCUT2D eigenvalue weighted by Gasteiger charge is -2.06. The Morgan fingerprint density at radius 3 is 3.04 bits per heavy atom. The highest BCUT2D eigenvalue weighted by molar-refractivity contribution is 7.15. The van der Waals surface area contributed by atoms with Gasteiger partial charge in [-0.3, -0.25) is 14.9 Å². The molecule has 1 saturated heterocycles. The van der Waals surface area contributed by atoms with E-state index < -0.39 is 0 Å². The van der Waals surface area contributed by atoms with Crippen LogP contribution in [0.4, 0.5) is 5.13 Å². The van der Waals surface area contributed by atoms with Gasteiger partial charge in [0.1, 0.15) is 23.4 Å². The molecule has 26 heavy (non-hydrogen) atoms. The van der Waals surface area contributed by atoms with Gasteiger partial charge in [0.15, 0.2) is 0 Å². The fraction of sp³-hybridized carbons (Fsp3) is 0.312. The highest BCUT2D eigenvalue weighted by atomic mass is 32.1. The first-order valence-corrected chi connectivity index (χ1v) is 9.75. The van der Waals surface area contributed by atoms with E-state index >= 15 is 0 Å². The van der Waals surface area contributed by atoms with Crippen LogP contribution >= 0.6 is 22.7 Å². The topological polar surface area (TPSA) is 99.0 Å². The summed E-state index contributed by atoms with van der Waals surface area (Å²) in [5.74, 6) is -0.377. The van der Waals surface area contributed by atoms with E-state index in [1.54, 1.807) is 6.07 Å². The Morgan fingerprint density at radius 1 is 1.35 bits per heavy atom. The summed E-state index contributed by atoms with van der Waals surface area (Å²) in [6.07, 6.45) is 1.88. The summed E-state index contributed by atoms with van der Waals surface area (Å²) in [5.41, 5.74) is 0.321. The molecule has 4 heterocycles. The molecular formula is C16H15N5O3S2. The molecular weight excluding hydrogens is 374 g/mol. The maximum atomic E-state index is 12.3. The van der Waals surface area contributed by atoms with Crippen LogP contribution in [0, 0.1) is 0 Å². The maximum absolute atomic E-state index is 12.3. The van der Waals surface area contributed by atoms with E-state index in [1.165, 1.54) is 28.7 Å². The molecule has 0 radical (unpaired) electrons. The van der Waals surface area contributed by atoms with Crippen molar-refractivity contribution < 1.29 is 9.53 Å². The van der Waals surface area contributed by atoms with E-state index in [0.29, 0.717) is 10.8 Å². The summed E-state index contributed by atoms with van der Waals surface area (Å²) in [7, 11) is 0. The van der Waals surface area contributed by atoms with E-state index in [1.807, 2.05) is 17.5 Å². The Bertz CT molecular complexity index is 960. The number of amides is 1. The quantitative estimate of drug-likeness (QED) is 0.719. The molecule has 0 aromatic carbocycles. The molecule has 3 aromatic heterocycles. The van der Waals surface area contributed by atoms with Gasteiger partial charge in [-0.1, -0.05) is 17.4 Å². The average Bonchev–Trinajstić information content (AvgIpc) is 3.39. The van der Waals surface area contributed by atoms with Gasteiger partial charge in [-0.2, -0.15) is 5.10 Å². The number of ether oxygens (including phenoxy) is 1. The summed E-state index contributed by atoms with van der Waals surface area (Å²) in [6, 6.07) is 6.89. The third kappa shape index (κ3) is 3.71. The number of hydrogen-bond donors (Lipinski definition) is 1. The van der Waals surface area contributed by atoms with Crippen molar-refractivity contribution in [1.82, 2.24) is 20.0 Å². The molecule has 1 aliphatic heterocycles. The molecule has 0 aliphatic carbocycles. The molecule has 8 nitrogen and oxygen atoms in total. The lowest BCUT2D eigenvalue weighted by molar-refractivity contribution is -0.117. The van der Waals surface area contributed by atoms with Gasteiger partial charge in [0.2, 0.25) is 11.0 Å². The number of rotatable bonds is 5. The van der Waals surface area contributed by atoms with Gasteiger partial charge in [-0.05, 0) is 30.4 Å². The Balaban J connectivity index is 1.45. The fourth-order valence-electron chi connectivity index (χ4n) is 2.60. The summed E-state index contributed by atoms with van der Waals surface area (Å²) in [6.45, 7) is 0.536. The third-order valence-corrected chi connectivity index (χ3v) is 5.65. The number of nitrogens with zero attached hydrogens (tertiary/aromatic N) is 4. The molecule has 10 heteroatoms. The van der Waals surface area contributed by atoms with Crippen LogP contribution in [0.15, 0.2) is 34.4 Å². The van der Waals surface area contributed by atoms with Gasteiger partial charge in [0.25, 0.3) is 5.56 Å². The molecule has 0 unspecified atom stereocenters. The predicted octanol–water partition coefficient (Wildman–Crippen LogP) is 2.31. The lowest BCUT2D eigenvalue weighted by atomic mass is 10.2. The first-order valence-electron chi connectivity index (χ1n) is 8.06. The molecule has 0 spiro atoms. The first-order chi connectivity index (χ1) is 12.7. The fourth-order valence-corrected chi connectivity index (χ4v) is 4.13. The van der Waals surface area contributed by atoms with Gasteiger partial charge in [-0.25, -0.2) is 4.68 Å². The van der Waals surface area contributed by atoms with Crippen LogP contribution < -0.4 is 10.9 Å². The standard InChI is InChI=1S/C16H15N5O3S2/c22-13(17-16-19-18-15(26-16)11-3-1-7-24-11)9-21-14(23)6-5-10(20-21)12-4-2-8-25-12/h2,4-6,8,11H,1,3,7,9H2,(H,17,19,22)/t11-/m0/s1. The van der Waals surface area contributed by atoms with Crippen molar-refractivity contribution in [1.29, 1.82) is 0 Å². The SMILES string of the molecule is O=C(Cn1nc(-c2cccs2)ccc1=O)Nc1nnc([C@@H]2CCCO2)s1. The van der Waals surface area contributed by atoms with Gasteiger partial charge < -0.3 is 4.74 Å². The van der Waals surface area contributed by atoms with Crippen molar-refractivity contribution >= 4 is 33.7 Å². The lowest BCUT2D eigenvalue weighted by Crippen LogP contribution is -2.29. The van der Waals surface area contributed by atoms with Crippen LogP contribution in [0.5, 0.6) is 0 Å². The normalized spacial score (nSPS) is 16.7. The largest absolute Gasteiger partial charge is 0.371 e. The van der Waals surface area contributed by atoms with Gasteiger partial charge >= 0.3 is 0 Å². The van der Waals surface area contributed by atoms with Crippen molar-refractivity contribution in [3.63, 3.8) is 0 Å². The minimum Gasteiger partial charge on any atom is -0.371 e. The molecule has 0 bridgehead atoms. The second-order valence-electron chi connectivity index (χ2n) is 5.69. The van der Waals surface area contributed by atoms with Crippen LogP contribution in [0.1, 0.15) is 24.0 Å². The summed E-state index contributed by atoms with van der Waals surface area (Å²) in [4.78, 5) is 25.2. The molecule has 4 rings (SSSR count). The minimum absolute atomic E-state index is 0.0371. The summed E-state index contributed by atoms with van der Waals surface area (Å²) in [5, 5.41) is 18.1. The van der Waals surface area contributed by atoms with E-state index in [4.69, 9.17) is 4.74 Å². The van der Waals surface area contributed by atoms with E-state index in [2.05, 4.69) is 20.6 Å². The van der Waals surface area contributed by atoms with Gasteiger partial charge in [-0.15, -0.1) is 21.5 Å². The second-order valence-corrected chi connectivity index (χ2v) is 7.64. The Labute approximate surface area is 156 Å². The highest BCUT2D eigenvalue weighted by Gasteiger charge is 2.22. The maximum Gasteiger partial charge on any atom is 0.267 e. The zero-order chi connectivity index (χ0) is 17.9. The first kappa shape index (κ1) is 17.0. The van der Waals surface area contributed by atoms with Crippen molar-refractivity contribution in [3.05, 3.63) is 45.0 Å². The van der Waals surface area contributed by atoms with Gasteiger partial charge in [0.05, 0.1) is 4.88 Å². The predicted molar refractivity (Wildman–Crippen MR) is 98.3 cm³/mol. The van der Waals surface area contributed by atoms with Crippen LogP contribution in [-0.4, -0.2) is 32.5 Å². The molecule has 1 amide bonds. The number of nitrogens with one attached hydrogen (secondary N) is 1. The van der Waals surface area contributed by atoms with Crippen molar-refractivity contribution in [2.45, 2.75) is 25.5 Å². The zero-order valence-electron chi connectivity index (χ0n) is 13.6. The third-order valence-electron chi connectivity index (χ3n) is 3.83. The van der Waals surface area contributed by atoms with Crippen molar-refractivity contribution in [2.24, 2.45) is 0 Å². The molecule has 1 atom stereocenters. The van der Waals surface area contributed by atoms with Crippen molar-refractivity contribution in [3.8, 4) is 10.6 Å². The molecule has 1 fully saturated rings. The number of carbonyl (C=O) groups is 1. The van der Waals surface area contributed by atoms with Crippen molar-refractivity contribution in [2.75, 3.05) is 11.9 Å². The number of thiophene rings is 1. The molecule has 134 valence electrons. The Morgan fingerprint density at radius 2 is 2.27 bits per heavy atom. The Hall–Kier alpha value is -2.43. The van der Waals surface area contributed by atoms with Crippen LogP contribution in [0.25, 0.3) is 10.6 Å². The van der Waals surface area contributed by atoms with E-state index in [0.717, 1.165) is 34.0 Å². The molecule has 3 aromatic rings. The van der Waals surface area contributed by atoms with Crippen LogP contribution in [0.3, 0.4) is 0 Å². The summed E-state index contributed by atoms with van der Waals surface area (Å²) >= 11 is 2.81. The number of carbonyl (C=O) groups excluding carboxylic acids is 1. The van der Waals surface area contributed by atoms with E-state index in [9.17, 15) is 9.59 Å². The average molecular weight is 389 g/mol. The second kappa shape index (κ2) is 7.44. The molecule has 1 aliphatic rings. The minimum atomic E-state index is -0.377. The number of anilines is 1. The Kier molecular flexibility index (Phi) is 4.87. The monoisotopic (exact) mass is 389 g/mol. The highest BCUT2D eigenvalue weighted by Crippen LogP contribution is 2.31. The van der Waals surface area contributed by atoms with E-state index in [-0.39, 0.29) is 24.1 Å². The number of hydrogen-bond acceptors (Lipinski definition) is 8. The number of aromatic nitrogens is 4. The van der Waals surface area contributed by atoms with Gasteiger partial charge in [0, 0.05) is 12.7 Å².